The van der Waals surface area contributed by atoms with Crippen molar-refractivity contribution in [3.8, 4) is 0 Å². The maximum absolute atomic E-state index is 12.0. The number of allylic oxidation sites excluding steroid dienone is 1. The minimum absolute atomic E-state index is 0.137. The molecule has 1 aromatic rings. The van der Waals surface area contributed by atoms with Crippen LogP contribution in [0.5, 0.6) is 0 Å². The normalized spacial score (nSPS) is 14.5. The Morgan fingerprint density at radius 3 is 2.91 bits per heavy atom. The Hall–Kier alpha value is -2.11. The van der Waals surface area contributed by atoms with Crippen LogP contribution in [0.2, 0.25) is 0 Å². The second kappa shape index (κ2) is 8.50. The number of ether oxygens (including phenoxy) is 1. The highest BCUT2D eigenvalue weighted by molar-refractivity contribution is 5.92. The summed E-state index contributed by atoms with van der Waals surface area (Å²) in [6.07, 6.45) is 9.34. The van der Waals surface area contributed by atoms with Gasteiger partial charge in [0, 0.05) is 6.54 Å². The third-order valence-corrected chi connectivity index (χ3v) is 3.95. The average Bonchev–Trinajstić information content (AvgIpc) is 3.03. The zero-order valence-electron chi connectivity index (χ0n) is 13.9. The summed E-state index contributed by atoms with van der Waals surface area (Å²) >= 11 is 0. The maximum atomic E-state index is 12.0. The third kappa shape index (κ3) is 5.23. The number of carbonyl (C=O) groups is 2. The molecule has 6 nitrogen and oxygen atoms in total. The molecule has 23 heavy (non-hydrogen) atoms. The minimum atomic E-state index is -0.521. The summed E-state index contributed by atoms with van der Waals surface area (Å²) in [6.45, 7) is 4.24. The molecule has 0 fully saturated rings. The van der Waals surface area contributed by atoms with Gasteiger partial charge in [-0.25, -0.2) is 4.79 Å². The molecule has 1 heterocycles. The molecule has 0 atom stereocenters. The molecular formula is C17H25N3O3. The molecule has 0 saturated carbocycles. The summed E-state index contributed by atoms with van der Waals surface area (Å²) in [6, 6.07) is 0. The number of carbonyl (C=O) groups excluding carboxylic acids is 2. The van der Waals surface area contributed by atoms with Gasteiger partial charge in [0.05, 0.1) is 11.9 Å². The first-order valence-electron chi connectivity index (χ1n) is 8.23. The van der Waals surface area contributed by atoms with Gasteiger partial charge >= 0.3 is 5.97 Å². The van der Waals surface area contributed by atoms with Gasteiger partial charge in [0.2, 0.25) is 0 Å². The van der Waals surface area contributed by atoms with Gasteiger partial charge < -0.3 is 10.1 Å². The molecule has 1 aliphatic rings. The van der Waals surface area contributed by atoms with E-state index in [1.807, 2.05) is 13.8 Å². The second-order valence-electron chi connectivity index (χ2n) is 6.14. The molecular weight excluding hydrogens is 294 g/mol. The van der Waals surface area contributed by atoms with Crippen molar-refractivity contribution in [1.82, 2.24) is 15.5 Å². The largest absolute Gasteiger partial charge is 0.452 e. The van der Waals surface area contributed by atoms with E-state index in [1.165, 1.54) is 24.6 Å². The van der Waals surface area contributed by atoms with Crippen LogP contribution < -0.4 is 5.32 Å². The van der Waals surface area contributed by atoms with Gasteiger partial charge in [-0.2, -0.15) is 5.10 Å². The Kier molecular flexibility index (Phi) is 6.38. The number of aromatic amines is 1. The van der Waals surface area contributed by atoms with Crippen LogP contribution >= 0.6 is 0 Å². The van der Waals surface area contributed by atoms with Crippen molar-refractivity contribution in [2.75, 3.05) is 13.2 Å². The monoisotopic (exact) mass is 319 g/mol. The number of amides is 1. The predicted molar refractivity (Wildman–Crippen MR) is 87.1 cm³/mol. The van der Waals surface area contributed by atoms with Crippen molar-refractivity contribution in [3.05, 3.63) is 29.1 Å². The van der Waals surface area contributed by atoms with E-state index in [1.54, 1.807) is 0 Å². The van der Waals surface area contributed by atoms with Crippen molar-refractivity contribution in [2.24, 2.45) is 0 Å². The number of nitrogens with one attached hydrogen (secondary N) is 2. The summed E-state index contributed by atoms with van der Waals surface area (Å²) < 4.78 is 5.06. The Bertz CT molecular complexity index is 575. The maximum Gasteiger partial charge on any atom is 0.342 e. The molecule has 2 rings (SSSR count). The van der Waals surface area contributed by atoms with Crippen molar-refractivity contribution >= 4 is 11.9 Å². The van der Waals surface area contributed by atoms with E-state index in [-0.39, 0.29) is 18.4 Å². The van der Waals surface area contributed by atoms with E-state index in [0.717, 1.165) is 25.0 Å². The van der Waals surface area contributed by atoms with E-state index in [4.69, 9.17) is 4.74 Å². The molecule has 2 N–H and O–H groups in total. The molecule has 6 heteroatoms. The number of hydrogen-bond donors (Lipinski definition) is 2. The SMILES string of the molecule is CC(C)c1[nH]ncc1C(=O)OCC(=O)NCCC1=CCCCC1. The van der Waals surface area contributed by atoms with E-state index in [9.17, 15) is 9.59 Å². The molecule has 0 unspecified atom stereocenters. The number of H-pyrrole nitrogens is 1. The zero-order valence-corrected chi connectivity index (χ0v) is 13.9. The number of esters is 1. The molecule has 0 spiro atoms. The fourth-order valence-corrected chi connectivity index (χ4v) is 2.65. The number of aromatic nitrogens is 2. The smallest absolute Gasteiger partial charge is 0.342 e. The first-order chi connectivity index (χ1) is 11.1. The first kappa shape index (κ1) is 17.2. The first-order valence-corrected chi connectivity index (χ1v) is 8.23. The fraction of sp³-hybridized carbons (Fsp3) is 0.588. The van der Waals surface area contributed by atoms with Gasteiger partial charge in [0.25, 0.3) is 5.91 Å². The lowest BCUT2D eigenvalue weighted by Gasteiger charge is -2.13. The summed E-state index contributed by atoms with van der Waals surface area (Å²) in [4.78, 5) is 23.7. The van der Waals surface area contributed by atoms with E-state index in [2.05, 4.69) is 21.6 Å². The number of hydrogen-bond acceptors (Lipinski definition) is 4. The highest BCUT2D eigenvalue weighted by Gasteiger charge is 2.18. The Balaban J connectivity index is 1.70. The van der Waals surface area contributed by atoms with Gasteiger partial charge in [0.15, 0.2) is 6.61 Å². The Labute approximate surface area is 136 Å². The number of rotatable bonds is 7. The lowest BCUT2D eigenvalue weighted by atomic mass is 9.97. The number of nitrogens with zero attached hydrogens (tertiary/aromatic N) is 1. The average molecular weight is 319 g/mol. The van der Waals surface area contributed by atoms with Crippen LogP contribution in [0.1, 0.15) is 67.9 Å². The van der Waals surface area contributed by atoms with Crippen molar-refractivity contribution < 1.29 is 14.3 Å². The second-order valence-corrected chi connectivity index (χ2v) is 6.14. The Morgan fingerprint density at radius 2 is 2.22 bits per heavy atom. The van der Waals surface area contributed by atoms with Crippen LogP contribution in [0.25, 0.3) is 0 Å². The van der Waals surface area contributed by atoms with Gasteiger partial charge in [-0.1, -0.05) is 25.5 Å². The summed E-state index contributed by atoms with van der Waals surface area (Å²) in [5, 5.41) is 9.43. The van der Waals surface area contributed by atoms with Gasteiger partial charge in [0.1, 0.15) is 5.56 Å². The van der Waals surface area contributed by atoms with Crippen molar-refractivity contribution in [3.63, 3.8) is 0 Å². The van der Waals surface area contributed by atoms with Crippen LogP contribution in [0.3, 0.4) is 0 Å². The molecule has 1 aliphatic carbocycles. The molecule has 0 saturated heterocycles. The van der Waals surface area contributed by atoms with Gasteiger partial charge in [-0.05, 0) is 38.0 Å². The van der Waals surface area contributed by atoms with E-state index < -0.39 is 5.97 Å². The predicted octanol–water partition coefficient (Wildman–Crippen LogP) is 2.70. The molecule has 0 aliphatic heterocycles. The van der Waals surface area contributed by atoms with Gasteiger partial charge in [-0.15, -0.1) is 0 Å². The third-order valence-electron chi connectivity index (χ3n) is 3.95. The summed E-state index contributed by atoms with van der Waals surface area (Å²) in [5.41, 5.74) is 2.52. The molecule has 1 amide bonds. The minimum Gasteiger partial charge on any atom is -0.452 e. The van der Waals surface area contributed by atoms with Gasteiger partial charge in [-0.3, -0.25) is 9.89 Å². The van der Waals surface area contributed by atoms with Crippen LogP contribution in [-0.4, -0.2) is 35.2 Å². The summed E-state index contributed by atoms with van der Waals surface area (Å²) in [5.74, 6) is -0.658. The zero-order chi connectivity index (χ0) is 16.7. The molecule has 0 aromatic carbocycles. The van der Waals surface area contributed by atoms with Crippen LogP contribution in [0, 0.1) is 0 Å². The Morgan fingerprint density at radius 1 is 1.39 bits per heavy atom. The quantitative estimate of drug-likeness (QED) is 0.598. The topological polar surface area (TPSA) is 84.1 Å². The molecule has 126 valence electrons. The van der Waals surface area contributed by atoms with Crippen LogP contribution in [0.15, 0.2) is 17.8 Å². The van der Waals surface area contributed by atoms with Crippen LogP contribution in [0.4, 0.5) is 0 Å². The summed E-state index contributed by atoms with van der Waals surface area (Å²) in [7, 11) is 0. The lowest BCUT2D eigenvalue weighted by molar-refractivity contribution is -0.124. The van der Waals surface area contributed by atoms with Crippen molar-refractivity contribution in [1.29, 1.82) is 0 Å². The van der Waals surface area contributed by atoms with E-state index >= 15 is 0 Å². The highest BCUT2D eigenvalue weighted by Crippen LogP contribution is 2.19. The molecule has 1 aromatic heterocycles. The van der Waals surface area contributed by atoms with E-state index in [0.29, 0.717) is 12.1 Å². The van der Waals surface area contributed by atoms with Crippen LogP contribution in [-0.2, 0) is 9.53 Å². The molecule has 0 radical (unpaired) electrons. The van der Waals surface area contributed by atoms with Crippen molar-refractivity contribution in [2.45, 2.75) is 51.9 Å². The standard InChI is InChI=1S/C17H25N3O3/c1-12(2)16-14(10-19-20-16)17(22)23-11-15(21)18-9-8-13-6-4-3-5-7-13/h6,10,12H,3-5,7-9,11H2,1-2H3,(H,18,21)(H,19,20). The lowest BCUT2D eigenvalue weighted by Crippen LogP contribution is -2.30. The fourth-order valence-electron chi connectivity index (χ4n) is 2.65. The molecule has 0 bridgehead atoms. The highest BCUT2D eigenvalue weighted by atomic mass is 16.5.